The van der Waals surface area contributed by atoms with Crippen LogP contribution in [0.5, 0.6) is 0 Å². The molecule has 0 spiro atoms. The topological polar surface area (TPSA) is 61.8 Å². The van der Waals surface area contributed by atoms with E-state index in [4.69, 9.17) is 4.74 Å². The highest BCUT2D eigenvalue weighted by molar-refractivity contribution is 5.83. The molecule has 1 aliphatic heterocycles. The maximum absolute atomic E-state index is 13.2. The molecule has 0 aromatic rings. The Labute approximate surface area is 127 Å². The summed E-state index contributed by atoms with van der Waals surface area (Å²) in [6, 6.07) is 0. The number of carbonyl (C=O) groups excluding carboxylic acids is 1. The van der Waals surface area contributed by atoms with Crippen molar-refractivity contribution in [3.05, 3.63) is 0 Å². The van der Waals surface area contributed by atoms with E-state index in [2.05, 4.69) is 5.32 Å². The van der Waals surface area contributed by atoms with Gasteiger partial charge in [-0.15, -0.1) is 0 Å². The number of halogens is 3. The lowest BCUT2D eigenvalue weighted by molar-refractivity contribution is -0.220. The summed E-state index contributed by atoms with van der Waals surface area (Å²) in [5.41, 5.74) is -2.27. The van der Waals surface area contributed by atoms with Gasteiger partial charge in [-0.25, -0.2) is 0 Å². The monoisotopic (exact) mass is 324 g/mol. The van der Waals surface area contributed by atoms with Gasteiger partial charge in [0, 0.05) is 26.2 Å². The Morgan fingerprint density at radius 3 is 2.41 bits per heavy atom. The van der Waals surface area contributed by atoms with E-state index >= 15 is 0 Å². The first kappa shape index (κ1) is 17.5. The second-order valence-electron chi connectivity index (χ2n) is 6.06. The van der Waals surface area contributed by atoms with Crippen molar-refractivity contribution in [3.8, 4) is 0 Å². The van der Waals surface area contributed by atoms with Gasteiger partial charge < -0.3 is 15.2 Å². The van der Waals surface area contributed by atoms with Gasteiger partial charge in [-0.2, -0.15) is 13.2 Å². The van der Waals surface area contributed by atoms with Crippen LogP contribution in [0.3, 0.4) is 0 Å². The van der Waals surface area contributed by atoms with Gasteiger partial charge in [0.1, 0.15) is 5.41 Å². The van der Waals surface area contributed by atoms with Crippen molar-refractivity contribution in [1.82, 2.24) is 10.2 Å². The highest BCUT2D eigenvalue weighted by Gasteiger charge is 2.60. The molecule has 1 saturated heterocycles. The fourth-order valence-corrected chi connectivity index (χ4v) is 3.14. The van der Waals surface area contributed by atoms with Gasteiger partial charge in [-0.1, -0.05) is 12.8 Å². The zero-order chi connectivity index (χ0) is 16.2. The fraction of sp³-hybridized carbons (Fsp3) is 0.929. The molecule has 2 N–H and O–H groups in total. The van der Waals surface area contributed by atoms with Crippen LogP contribution < -0.4 is 5.32 Å². The third-order valence-corrected chi connectivity index (χ3v) is 4.51. The van der Waals surface area contributed by atoms with Gasteiger partial charge in [0.25, 0.3) is 0 Å². The van der Waals surface area contributed by atoms with E-state index in [1.54, 1.807) is 0 Å². The van der Waals surface area contributed by atoms with E-state index in [0.29, 0.717) is 45.7 Å². The summed E-state index contributed by atoms with van der Waals surface area (Å²) in [7, 11) is 0. The molecule has 1 saturated carbocycles. The number of nitrogens with zero attached hydrogens (tertiary/aromatic N) is 1. The second-order valence-corrected chi connectivity index (χ2v) is 6.06. The second kappa shape index (κ2) is 7.14. The molecule has 0 radical (unpaired) electrons. The Morgan fingerprint density at radius 1 is 1.27 bits per heavy atom. The number of hydrogen-bond donors (Lipinski definition) is 2. The lowest BCUT2D eigenvalue weighted by Gasteiger charge is -2.31. The van der Waals surface area contributed by atoms with Crippen LogP contribution in [0.4, 0.5) is 13.2 Å². The van der Waals surface area contributed by atoms with Crippen LogP contribution in [-0.2, 0) is 9.53 Å². The average molecular weight is 324 g/mol. The van der Waals surface area contributed by atoms with Crippen molar-refractivity contribution in [1.29, 1.82) is 0 Å². The SMILES string of the molecule is O=C(NCC(O)CN1CCOCC1)C1(C(F)(F)F)CCCC1. The Kier molecular flexibility index (Phi) is 5.68. The number of alkyl halides is 3. The Bertz CT molecular complexity index is 378. The number of amides is 1. The predicted molar refractivity (Wildman–Crippen MR) is 73.2 cm³/mol. The van der Waals surface area contributed by atoms with E-state index in [0.717, 1.165) is 0 Å². The standard InChI is InChI=1S/C14H23F3N2O3/c15-14(16,17)13(3-1-2-4-13)12(21)18-9-11(20)10-19-5-7-22-8-6-19/h11,20H,1-10H2,(H,18,21). The highest BCUT2D eigenvalue weighted by atomic mass is 19.4. The maximum Gasteiger partial charge on any atom is 0.403 e. The van der Waals surface area contributed by atoms with Crippen molar-refractivity contribution >= 4 is 5.91 Å². The molecule has 1 amide bonds. The molecule has 1 unspecified atom stereocenters. The Hall–Kier alpha value is -0.860. The first-order valence-electron chi connectivity index (χ1n) is 7.68. The summed E-state index contributed by atoms with van der Waals surface area (Å²) in [5.74, 6) is -1.00. The first-order chi connectivity index (χ1) is 10.3. The van der Waals surface area contributed by atoms with E-state index in [1.807, 2.05) is 4.90 Å². The van der Waals surface area contributed by atoms with Gasteiger partial charge in [0.05, 0.1) is 19.3 Å². The lowest BCUT2D eigenvalue weighted by Crippen LogP contribution is -2.51. The lowest BCUT2D eigenvalue weighted by atomic mass is 9.84. The number of carbonyl (C=O) groups is 1. The molecule has 1 heterocycles. The van der Waals surface area contributed by atoms with Crippen LogP contribution in [0.2, 0.25) is 0 Å². The number of aliphatic hydroxyl groups excluding tert-OH is 1. The summed E-state index contributed by atoms with van der Waals surface area (Å²) >= 11 is 0. The maximum atomic E-state index is 13.2. The van der Waals surface area contributed by atoms with Crippen LogP contribution in [0.25, 0.3) is 0 Å². The van der Waals surface area contributed by atoms with Gasteiger partial charge >= 0.3 is 6.18 Å². The van der Waals surface area contributed by atoms with Crippen LogP contribution in [0.1, 0.15) is 25.7 Å². The van der Waals surface area contributed by atoms with E-state index in [-0.39, 0.29) is 19.4 Å². The van der Waals surface area contributed by atoms with Crippen LogP contribution in [0, 0.1) is 5.41 Å². The minimum Gasteiger partial charge on any atom is -0.390 e. The minimum atomic E-state index is -4.54. The van der Waals surface area contributed by atoms with Crippen molar-refractivity contribution in [3.63, 3.8) is 0 Å². The average Bonchev–Trinajstić information content (AvgIpc) is 2.96. The normalized spacial score (nSPS) is 24.2. The Morgan fingerprint density at radius 2 is 1.86 bits per heavy atom. The summed E-state index contributed by atoms with van der Waals surface area (Å²) < 4.78 is 44.8. The minimum absolute atomic E-state index is 0.159. The molecule has 128 valence electrons. The molecule has 2 fully saturated rings. The molecule has 0 aromatic carbocycles. The third kappa shape index (κ3) is 3.91. The summed E-state index contributed by atoms with van der Waals surface area (Å²) in [6.45, 7) is 2.68. The molecule has 5 nitrogen and oxygen atoms in total. The zero-order valence-electron chi connectivity index (χ0n) is 12.5. The van der Waals surface area contributed by atoms with Gasteiger partial charge in [0.15, 0.2) is 0 Å². The zero-order valence-corrected chi connectivity index (χ0v) is 12.5. The van der Waals surface area contributed by atoms with Crippen molar-refractivity contribution < 1.29 is 27.8 Å². The number of ether oxygens (including phenoxy) is 1. The first-order valence-corrected chi connectivity index (χ1v) is 7.68. The number of morpholine rings is 1. The molecular formula is C14H23F3N2O3. The molecule has 8 heteroatoms. The molecular weight excluding hydrogens is 301 g/mol. The molecule has 0 bridgehead atoms. The predicted octanol–water partition coefficient (Wildman–Crippen LogP) is 0.918. The molecule has 2 rings (SSSR count). The number of rotatable bonds is 5. The highest BCUT2D eigenvalue weighted by Crippen LogP contribution is 2.50. The van der Waals surface area contributed by atoms with Gasteiger partial charge in [0.2, 0.25) is 5.91 Å². The third-order valence-electron chi connectivity index (χ3n) is 4.51. The number of hydrogen-bond acceptors (Lipinski definition) is 4. The number of nitrogens with one attached hydrogen (secondary N) is 1. The summed E-state index contributed by atoms with van der Waals surface area (Å²) in [5, 5.41) is 12.2. The van der Waals surface area contributed by atoms with Crippen molar-refractivity contribution in [2.75, 3.05) is 39.4 Å². The number of aliphatic hydroxyl groups is 1. The van der Waals surface area contributed by atoms with Crippen LogP contribution in [-0.4, -0.2) is 67.6 Å². The van der Waals surface area contributed by atoms with Crippen LogP contribution in [0.15, 0.2) is 0 Å². The largest absolute Gasteiger partial charge is 0.403 e. The molecule has 22 heavy (non-hydrogen) atoms. The van der Waals surface area contributed by atoms with Gasteiger partial charge in [-0.05, 0) is 12.8 Å². The molecule has 0 aromatic heterocycles. The van der Waals surface area contributed by atoms with Gasteiger partial charge in [-0.3, -0.25) is 9.69 Å². The summed E-state index contributed by atoms with van der Waals surface area (Å²) in [6.07, 6.45) is -4.94. The molecule has 1 atom stereocenters. The smallest absolute Gasteiger partial charge is 0.390 e. The summed E-state index contributed by atoms with van der Waals surface area (Å²) in [4.78, 5) is 14.0. The van der Waals surface area contributed by atoms with Crippen molar-refractivity contribution in [2.24, 2.45) is 5.41 Å². The molecule has 1 aliphatic carbocycles. The van der Waals surface area contributed by atoms with E-state index < -0.39 is 23.6 Å². The van der Waals surface area contributed by atoms with Crippen LogP contribution >= 0.6 is 0 Å². The van der Waals surface area contributed by atoms with Crippen molar-refractivity contribution in [2.45, 2.75) is 38.0 Å². The van der Waals surface area contributed by atoms with E-state index in [9.17, 15) is 23.1 Å². The Balaban J connectivity index is 1.83. The molecule has 2 aliphatic rings. The fourth-order valence-electron chi connectivity index (χ4n) is 3.14. The van der Waals surface area contributed by atoms with E-state index in [1.165, 1.54) is 0 Å². The quantitative estimate of drug-likeness (QED) is 0.789. The number of β-amino-alcohol motifs (C(OH)–C–C–N with tert-alkyl or cyclic N) is 1.